The van der Waals surface area contributed by atoms with Crippen molar-refractivity contribution < 1.29 is 9.18 Å². The fraction of sp³-hybridized carbons (Fsp3) is 0.304. The fourth-order valence-electron chi connectivity index (χ4n) is 4.05. The molecule has 1 saturated heterocycles. The van der Waals surface area contributed by atoms with Crippen LogP contribution in [0.5, 0.6) is 0 Å². The van der Waals surface area contributed by atoms with Gasteiger partial charge in [0.25, 0.3) is 0 Å². The molecule has 30 heavy (non-hydrogen) atoms. The van der Waals surface area contributed by atoms with Crippen LogP contribution in [-0.2, 0) is 11.3 Å². The van der Waals surface area contributed by atoms with E-state index in [1.807, 2.05) is 19.1 Å². The molecule has 0 bridgehead atoms. The largest absolute Gasteiger partial charge is 0.370 e. The maximum atomic E-state index is 14.1. The first-order valence-electron chi connectivity index (χ1n) is 9.97. The van der Waals surface area contributed by atoms with Gasteiger partial charge >= 0.3 is 0 Å². The van der Waals surface area contributed by atoms with Crippen LogP contribution in [-0.4, -0.2) is 29.0 Å². The molecule has 6 nitrogen and oxygen atoms in total. The van der Waals surface area contributed by atoms with Gasteiger partial charge in [-0.1, -0.05) is 6.07 Å². The molecule has 1 aliphatic rings. The molecule has 0 radical (unpaired) electrons. The van der Waals surface area contributed by atoms with Gasteiger partial charge in [0, 0.05) is 49.5 Å². The van der Waals surface area contributed by atoms with E-state index in [9.17, 15) is 14.4 Å². The Bertz CT molecular complexity index is 1120. The Balaban J connectivity index is 1.49. The molecule has 152 valence electrons. The van der Waals surface area contributed by atoms with Crippen molar-refractivity contribution >= 4 is 22.5 Å². The molecule has 0 atom stereocenters. The summed E-state index contributed by atoms with van der Waals surface area (Å²) in [5.41, 5.74) is 3.52. The third-order valence-corrected chi connectivity index (χ3v) is 5.59. The Morgan fingerprint density at radius 2 is 2.13 bits per heavy atom. The molecule has 0 aliphatic carbocycles. The molecule has 1 fully saturated rings. The SMILES string of the molecule is Cc1cc(F)cc2c(N3CCC(C(=O)NCc4cccnc4)CC3)c(C#N)cnc12. The summed E-state index contributed by atoms with van der Waals surface area (Å²) in [5.74, 6) is -0.404. The number of carbonyl (C=O) groups is 1. The number of fused-ring (bicyclic) bond motifs is 1. The number of benzene rings is 1. The lowest BCUT2D eigenvalue weighted by atomic mass is 9.94. The van der Waals surface area contributed by atoms with Gasteiger partial charge in [0.15, 0.2) is 0 Å². The summed E-state index contributed by atoms with van der Waals surface area (Å²) < 4.78 is 14.1. The number of pyridine rings is 2. The Hall–Kier alpha value is -3.53. The van der Waals surface area contributed by atoms with Crippen LogP contribution in [0.3, 0.4) is 0 Å². The number of aryl methyl sites for hydroxylation is 1. The summed E-state index contributed by atoms with van der Waals surface area (Å²) in [4.78, 5) is 23.1. The number of nitriles is 1. The van der Waals surface area contributed by atoms with Crippen LogP contribution >= 0.6 is 0 Å². The van der Waals surface area contributed by atoms with E-state index in [0.29, 0.717) is 54.6 Å². The number of anilines is 1. The number of amides is 1. The average molecular weight is 403 g/mol. The highest BCUT2D eigenvalue weighted by atomic mass is 19.1. The van der Waals surface area contributed by atoms with Crippen LogP contribution < -0.4 is 10.2 Å². The highest BCUT2D eigenvalue weighted by Crippen LogP contribution is 2.34. The Labute approximate surface area is 174 Å². The molecule has 1 amide bonds. The third-order valence-electron chi connectivity index (χ3n) is 5.59. The van der Waals surface area contributed by atoms with E-state index in [-0.39, 0.29) is 17.6 Å². The average Bonchev–Trinajstić information content (AvgIpc) is 2.77. The van der Waals surface area contributed by atoms with Crippen LogP contribution in [0.15, 0.2) is 42.9 Å². The molecular formula is C23H22FN5O. The lowest BCUT2D eigenvalue weighted by molar-refractivity contribution is -0.125. The topological polar surface area (TPSA) is 81.9 Å². The summed E-state index contributed by atoms with van der Waals surface area (Å²) in [6, 6.07) is 8.84. The molecule has 7 heteroatoms. The van der Waals surface area contributed by atoms with Crippen molar-refractivity contribution in [3.8, 4) is 6.07 Å². The lowest BCUT2D eigenvalue weighted by Crippen LogP contribution is -2.40. The minimum atomic E-state index is -0.345. The van der Waals surface area contributed by atoms with Crippen LogP contribution in [0.4, 0.5) is 10.1 Å². The first kappa shape index (κ1) is 19.8. The number of piperidine rings is 1. The first-order valence-corrected chi connectivity index (χ1v) is 9.97. The second-order valence-electron chi connectivity index (χ2n) is 7.59. The molecule has 3 heterocycles. The monoisotopic (exact) mass is 403 g/mol. The molecular weight excluding hydrogens is 381 g/mol. The van der Waals surface area contributed by atoms with Crippen molar-refractivity contribution in [1.29, 1.82) is 5.26 Å². The van der Waals surface area contributed by atoms with Gasteiger partial charge in [-0.15, -0.1) is 0 Å². The van der Waals surface area contributed by atoms with E-state index in [2.05, 4.69) is 26.3 Å². The van der Waals surface area contributed by atoms with Crippen molar-refractivity contribution in [2.24, 2.45) is 5.92 Å². The zero-order valence-electron chi connectivity index (χ0n) is 16.7. The van der Waals surface area contributed by atoms with Gasteiger partial charge in [-0.3, -0.25) is 14.8 Å². The number of halogens is 1. The summed E-state index contributed by atoms with van der Waals surface area (Å²) in [6.07, 6.45) is 6.33. The van der Waals surface area contributed by atoms with Crippen LogP contribution in [0.2, 0.25) is 0 Å². The molecule has 1 aliphatic heterocycles. The number of aromatic nitrogens is 2. The van der Waals surface area contributed by atoms with Crippen molar-refractivity contribution in [3.05, 3.63) is 65.4 Å². The van der Waals surface area contributed by atoms with Crippen LogP contribution in [0, 0.1) is 30.0 Å². The van der Waals surface area contributed by atoms with Crippen LogP contribution in [0.25, 0.3) is 10.9 Å². The molecule has 1 aromatic carbocycles. The number of nitrogens with one attached hydrogen (secondary N) is 1. The molecule has 1 N–H and O–H groups in total. The quantitative estimate of drug-likeness (QED) is 0.721. The molecule has 2 aromatic heterocycles. The molecule has 0 saturated carbocycles. The fourth-order valence-corrected chi connectivity index (χ4v) is 4.05. The Morgan fingerprint density at radius 3 is 2.83 bits per heavy atom. The van der Waals surface area contributed by atoms with Crippen molar-refractivity contribution in [2.45, 2.75) is 26.3 Å². The predicted octanol–water partition coefficient (Wildman–Crippen LogP) is 3.48. The summed E-state index contributed by atoms with van der Waals surface area (Å²) in [5, 5.41) is 13.2. The predicted molar refractivity (Wildman–Crippen MR) is 112 cm³/mol. The maximum absolute atomic E-state index is 14.1. The van der Waals surface area contributed by atoms with Crippen molar-refractivity contribution in [1.82, 2.24) is 15.3 Å². The normalized spacial score (nSPS) is 14.5. The number of carbonyl (C=O) groups excluding carboxylic acids is 1. The number of hydrogen-bond acceptors (Lipinski definition) is 5. The van der Waals surface area contributed by atoms with E-state index in [1.165, 1.54) is 12.1 Å². The van der Waals surface area contributed by atoms with Crippen LogP contribution in [0.1, 0.15) is 29.5 Å². The molecule has 0 spiro atoms. The van der Waals surface area contributed by atoms with Gasteiger partial charge in [0.05, 0.1) is 16.8 Å². The number of hydrogen-bond donors (Lipinski definition) is 1. The Kier molecular flexibility index (Phi) is 5.57. The minimum absolute atomic E-state index is 0.0282. The Morgan fingerprint density at radius 1 is 1.33 bits per heavy atom. The number of nitrogens with zero attached hydrogens (tertiary/aromatic N) is 4. The van der Waals surface area contributed by atoms with E-state index < -0.39 is 0 Å². The van der Waals surface area contributed by atoms with Gasteiger partial charge in [-0.2, -0.15) is 5.26 Å². The van der Waals surface area contributed by atoms with Crippen molar-refractivity contribution in [3.63, 3.8) is 0 Å². The zero-order chi connectivity index (χ0) is 21.1. The van der Waals surface area contributed by atoms with Gasteiger partial charge < -0.3 is 10.2 Å². The zero-order valence-corrected chi connectivity index (χ0v) is 16.7. The summed E-state index contributed by atoms with van der Waals surface area (Å²) >= 11 is 0. The van der Waals surface area contributed by atoms with E-state index in [0.717, 1.165) is 11.1 Å². The maximum Gasteiger partial charge on any atom is 0.223 e. The van der Waals surface area contributed by atoms with E-state index >= 15 is 0 Å². The first-order chi connectivity index (χ1) is 14.6. The second kappa shape index (κ2) is 8.46. The van der Waals surface area contributed by atoms with E-state index in [1.54, 1.807) is 18.6 Å². The standard InChI is InChI=1S/C23H22FN5O/c1-15-9-19(24)10-20-21(15)27-14-18(11-25)22(20)29-7-4-17(5-8-29)23(30)28-13-16-3-2-6-26-12-16/h2-3,6,9-10,12,14,17H,4-5,7-8,13H2,1H3,(H,28,30). The third kappa shape index (κ3) is 3.94. The van der Waals surface area contributed by atoms with Gasteiger partial charge in [-0.05, 0) is 49.1 Å². The molecule has 0 unspecified atom stereocenters. The van der Waals surface area contributed by atoms with Gasteiger partial charge in [-0.25, -0.2) is 4.39 Å². The van der Waals surface area contributed by atoms with Gasteiger partial charge in [0.1, 0.15) is 11.9 Å². The lowest BCUT2D eigenvalue weighted by Gasteiger charge is -2.34. The highest BCUT2D eigenvalue weighted by Gasteiger charge is 2.27. The second-order valence-corrected chi connectivity index (χ2v) is 7.59. The van der Waals surface area contributed by atoms with Gasteiger partial charge in [0.2, 0.25) is 5.91 Å². The smallest absolute Gasteiger partial charge is 0.223 e. The summed E-state index contributed by atoms with van der Waals surface area (Å²) in [6.45, 7) is 3.51. The highest BCUT2D eigenvalue weighted by molar-refractivity contribution is 5.96. The molecule has 3 aromatic rings. The molecule has 4 rings (SSSR count). The minimum Gasteiger partial charge on any atom is -0.370 e. The van der Waals surface area contributed by atoms with E-state index in [4.69, 9.17) is 0 Å². The number of rotatable bonds is 4. The van der Waals surface area contributed by atoms with Crippen molar-refractivity contribution in [2.75, 3.05) is 18.0 Å². The summed E-state index contributed by atoms with van der Waals surface area (Å²) in [7, 11) is 0.